The van der Waals surface area contributed by atoms with Crippen molar-refractivity contribution < 1.29 is 13.2 Å². The van der Waals surface area contributed by atoms with Crippen LogP contribution in [0.3, 0.4) is 0 Å². The predicted octanol–water partition coefficient (Wildman–Crippen LogP) is 2.50. The fourth-order valence-electron chi connectivity index (χ4n) is 1.23. The Morgan fingerprint density at radius 3 is 2.65 bits per heavy atom. The standard InChI is InChI=1S/C10H13BrClNO3S/c1-17(14,15)4-2-3-16-10-8(11)5-7(12)6-9(10)13/h5-6H,2-4,13H2,1H3. The summed E-state index contributed by atoms with van der Waals surface area (Å²) in [6.07, 6.45) is 1.62. The van der Waals surface area contributed by atoms with Crippen molar-refractivity contribution in [2.24, 2.45) is 0 Å². The van der Waals surface area contributed by atoms with Crippen LogP contribution in [0, 0.1) is 0 Å². The first-order valence-corrected chi connectivity index (χ1v) is 8.08. The summed E-state index contributed by atoms with van der Waals surface area (Å²) in [6.45, 7) is 0.289. The lowest BCUT2D eigenvalue weighted by atomic mass is 10.3. The van der Waals surface area contributed by atoms with Gasteiger partial charge in [-0.25, -0.2) is 8.42 Å². The minimum Gasteiger partial charge on any atom is -0.490 e. The average molecular weight is 343 g/mol. The maximum absolute atomic E-state index is 10.9. The van der Waals surface area contributed by atoms with Crippen molar-refractivity contribution in [1.29, 1.82) is 0 Å². The number of hydrogen-bond donors (Lipinski definition) is 1. The van der Waals surface area contributed by atoms with Crippen molar-refractivity contribution in [2.45, 2.75) is 6.42 Å². The summed E-state index contributed by atoms with van der Waals surface area (Å²) in [5.41, 5.74) is 6.15. The van der Waals surface area contributed by atoms with Gasteiger partial charge in [-0.3, -0.25) is 0 Å². The van der Waals surface area contributed by atoms with Gasteiger partial charge in [0.15, 0.2) is 5.75 Å². The second-order valence-corrected chi connectivity index (χ2v) is 7.19. The summed E-state index contributed by atoms with van der Waals surface area (Å²) in [4.78, 5) is 0. The Bertz CT molecular complexity index is 481. The molecular formula is C10H13BrClNO3S. The number of nitrogens with two attached hydrogens (primary N) is 1. The highest BCUT2D eigenvalue weighted by Crippen LogP contribution is 2.34. The third-order valence-electron chi connectivity index (χ3n) is 1.94. The molecule has 0 aliphatic heterocycles. The normalized spacial score (nSPS) is 11.5. The summed E-state index contributed by atoms with van der Waals surface area (Å²) < 4.78 is 27.9. The molecule has 1 rings (SSSR count). The van der Waals surface area contributed by atoms with Crippen LogP contribution < -0.4 is 10.5 Å². The number of nitrogen functional groups attached to an aromatic ring is 1. The summed E-state index contributed by atoms with van der Waals surface area (Å²) in [5.74, 6) is 0.584. The van der Waals surface area contributed by atoms with Crippen LogP contribution in [0.4, 0.5) is 5.69 Å². The summed E-state index contributed by atoms with van der Waals surface area (Å²) in [6, 6.07) is 3.25. The molecule has 0 bridgehead atoms. The molecule has 17 heavy (non-hydrogen) atoms. The lowest BCUT2D eigenvalue weighted by Gasteiger charge is -2.11. The molecule has 0 spiro atoms. The maximum Gasteiger partial charge on any atom is 0.156 e. The lowest BCUT2D eigenvalue weighted by molar-refractivity contribution is 0.317. The zero-order chi connectivity index (χ0) is 13.1. The van der Waals surface area contributed by atoms with E-state index in [0.29, 0.717) is 27.4 Å². The Labute approximate surface area is 114 Å². The Morgan fingerprint density at radius 1 is 1.47 bits per heavy atom. The molecular weight excluding hydrogens is 330 g/mol. The van der Waals surface area contributed by atoms with Gasteiger partial charge in [-0.05, 0) is 34.5 Å². The minimum absolute atomic E-state index is 0.0954. The monoisotopic (exact) mass is 341 g/mol. The van der Waals surface area contributed by atoms with Gasteiger partial charge >= 0.3 is 0 Å². The van der Waals surface area contributed by atoms with E-state index in [0.717, 1.165) is 0 Å². The largest absolute Gasteiger partial charge is 0.490 e. The van der Waals surface area contributed by atoms with Crippen LogP contribution in [-0.4, -0.2) is 27.0 Å². The fourth-order valence-corrected chi connectivity index (χ4v) is 2.82. The molecule has 0 radical (unpaired) electrons. The Hall–Kier alpha value is -0.460. The molecule has 0 saturated heterocycles. The third-order valence-corrected chi connectivity index (χ3v) is 3.78. The molecule has 0 amide bonds. The van der Waals surface area contributed by atoms with Crippen LogP contribution in [0.5, 0.6) is 5.75 Å². The molecule has 0 heterocycles. The molecule has 2 N–H and O–H groups in total. The minimum atomic E-state index is -2.95. The van der Waals surface area contributed by atoms with Gasteiger partial charge in [-0.1, -0.05) is 11.6 Å². The Kier molecular flexibility index (Phi) is 5.09. The van der Waals surface area contributed by atoms with Crippen molar-refractivity contribution in [3.8, 4) is 5.75 Å². The Morgan fingerprint density at radius 2 is 2.12 bits per heavy atom. The number of benzene rings is 1. The van der Waals surface area contributed by atoms with Crippen LogP contribution >= 0.6 is 27.5 Å². The van der Waals surface area contributed by atoms with E-state index < -0.39 is 9.84 Å². The number of hydrogen-bond acceptors (Lipinski definition) is 4. The van der Waals surface area contributed by atoms with Gasteiger partial charge in [0.05, 0.1) is 22.5 Å². The number of anilines is 1. The summed E-state index contributed by atoms with van der Waals surface area (Å²) in [7, 11) is -2.95. The second kappa shape index (κ2) is 5.93. The molecule has 4 nitrogen and oxygen atoms in total. The Balaban J connectivity index is 2.58. The number of halogens is 2. The van der Waals surface area contributed by atoms with Crippen LogP contribution in [-0.2, 0) is 9.84 Å². The molecule has 0 saturated carbocycles. The van der Waals surface area contributed by atoms with Crippen LogP contribution in [0.25, 0.3) is 0 Å². The molecule has 0 aromatic heterocycles. The predicted molar refractivity (Wildman–Crippen MR) is 73.4 cm³/mol. The van der Waals surface area contributed by atoms with Gasteiger partial charge in [0.25, 0.3) is 0 Å². The van der Waals surface area contributed by atoms with Crippen molar-refractivity contribution in [3.63, 3.8) is 0 Å². The first kappa shape index (κ1) is 14.6. The van der Waals surface area contributed by atoms with E-state index >= 15 is 0 Å². The van der Waals surface area contributed by atoms with E-state index in [4.69, 9.17) is 22.1 Å². The molecule has 0 unspecified atom stereocenters. The number of rotatable bonds is 5. The van der Waals surface area contributed by atoms with Crippen LogP contribution in [0.2, 0.25) is 5.02 Å². The molecule has 96 valence electrons. The fraction of sp³-hybridized carbons (Fsp3) is 0.400. The van der Waals surface area contributed by atoms with Gasteiger partial charge in [0, 0.05) is 11.3 Å². The zero-order valence-corrected chi connectivity index (χ0v) is 12.4. The summed E-state index contributed by atoms with van der Waals surface area (Å²) in [5, 5.41) is 0.512. The van der Waals surface area contributed by atoms with Gasteiger partial charge in [0.2, 0.25) is 0 Å². The average Bonchev–Trinajstić information content (AvgIpc) is 2.13. The number of sulfone groups is 1. The highest BCUT2D eigenvalue weighted by molar-refractivity contribution is 9.10. The van der Waals surface area contributed by atoms with Crippen molar-refractivity contribution in [1.82, 2.24) is 0 Å². The highest BCUT2D eigenvalue weighted by atomic mass is 79.9. The SMILES string of the molecule is CS(=O)(=O)CCCOc1c(N)cc(Cl)cc1Br. The third kappa shape index (κ3) is 5.14. The molecule has 0 fully saturated rings. The van der Waals surface area contributed by atoms with Crippen LogP contribution in [0.1, 0.15) is 6.42 Å². The van der Waals surface area contributed by atoms with E-state index in [1.54, 1.807) is 12.1 Å². The summed E-state index contributed by atoms with van der Waals surface area (Å²) >= 11 is 9.08. The van der Waals surface area contributed by atoms with Gasteiger partial charge in [-0.15, -0.1) is 0 Å². The topological polar surface area (TPSA) is 69.4 Å². The zero-order valence-electron chi connectivity index (χ0n) is 9.24. The molecule has 0 atom stereocenters. The van der Waals surface area contributed by atoms with Crippen molar-refractivity contribution in [3.05, 3.63) is 21.6 Å². The van der Waals surface area contributed by atoms with Gasteiger partial charge in [0.1, 0.15) is 9.84 Å². The second-order valence-electron chi connectivity index (χ2n) is 3.64. The van der Waals surface area contributed by atoms with E-state index in [2.05, 4.69) is 15.9 Å². The van der Waals surface area contributed by atoms with Crippen LogP contribution in [0.15, 0.2) is 16.6 Å². The van der Waals surface area contributed by atoms with Gasteiger partial charge < -0.3 is 10.5 Å². The van der Waals surface area contributed by atoms with E-state index in [9.17, 15) is 8.42 Å². The molecule has 0 aliphatic carbocycles. The highest BCUT2D eigenvalue weighted by Gasteiger charge is 2.08. The first-order chi connectivity index (χ1) is 7.79. The van der Waals surface area contributed by atoms with E-state index in [1.807, 2.05) is 0 Å². The molecule has 0 aliphatic rings. The molecule has 1 aromatic carbocycles. The number of ether oxygens (including phenoxy) is 1. The first-order valence-electron chi connectivity index (χ1n) is 4.84. The molecule has 7 heteroatoms. The quantitative estimate of drug-likeness (QED) is 0.659. The lowest BCUT2D eigenvalue weighted by Crippen LogP contribution is -2.08. The smallest absolute Gasteiger partial charge is 0.156 e. The van der Waals surface area contributed by atoms with E-state index in [-0.39, 0.29) is 12.4 Å². The maximum atomic E-state index is 10.9. The van der Waals surface area contributed by atoms with E-state index in [1.165, 1.54) is 6.26 Å². The van der Waals surface area contributed by atoms with Crippen molar-refractivity contribution >= 4 is 43.1 Å². The van der Waals surface area contributed by atoms with Crippen molar-refractivity contribution in [2.75, 3.05) is 24.3 Å². The van der Waals surface area contributed by atoms with Gasteiger partial charge in [-0.2, -0.15) is 0 Å². The molecule has 1 aromatic rings.